The van der Waals surface area contributed by atoms with Crippen LogP contribution in [-0.4, -0.2) is 45.7 Å². The summed E-state index contributed by atoms with van der Waals surface area (Å²) in [5, 5.41) is 8.90. The Morgan fingerprint density at radius 2 is 2.38 bits per heavy atom. The lowest BCUT2D eigenvalue weighted by atomic mass is 10.1. The molecule has 0 aromatic carbocycles. The van der Waals surface area contributed by atoms with Gasteiger partial charge in [0.05, 0.1) is 0 Å². The number of carboxylic acids is 1. The van der Waals surface area contributed by atoms with Crippen LogP contribution in [-0.2, 0) is 14.3 Å². The number of thioether (sulfide) groups is 1. The molecule has 16 heavy (non-hydrogen) atoms. The largest absolute Gasteiger partial charge is 0.477 e. The monoisotopic (exact) mass is 243 g/mol. The molecule has 1 fully saturated rings. The van der Waals surface area contributed by atoms with Gasteiger partial charge >= 0.3 is 5.97 Å². The molecule has 1 saturated heterocycles. The summed E-state index contributed by atoms with van der Waals surface area (Å²) in [5.41, 5.74) is 0.863. The van der Waals surface area contributed by atoms with Gasteiger partial charge in [0.25, 0.3) is 5.91 Å². The van der Waals surface area contributed by atoms with Gasteiger partial charge in [-0.15, -0.1) is 11.8 Å². The normalized spacial score (nSPS) is 28.9. The number of hydrogen-bond acceptors (Lipinski definition) is 4. The van der Waals surface area contributed by atoms with E-state index in [1.54, 1.807) is 18.7 Å². The number of hydrogen-bond donors (Lipinski definition) is 1. The van der Waals surface area contributed by atoms with Crippen molar-refractivity contribution in [3.05, 3.63) is 11.3 Å². The highest BCUT2D eigenvalue weighted by Gasteiger charge is 2.53. The minimum atomic E-state index is -1.04. The van der Waals surface area contributed by atoms with Gasteiger partial charge in [-0.2, -0.15) is 0 Å². The zero-order chi connectivity index (χ0) is 11.9. The summed E-state index contributed by atoms with van der Waals surface area (Å²) in [6.07, 6.45) is -0.475. The Labute approximate surface area is 97.4 Å². The van der Waals surface area contributed by atoms with E-state index in [1.165, 1.54) is 4.90 Å². The van der Waals surface area contributed by atoms with Crippen LogP contribution in [0.1, 0.15) is 13.8 Å². The number of carboxylic acid groups (broad SMARTS) is 1. The van der Waals surface area contributed by atoms with Gasteiger partial charge in [0, 0.05) is 12.4 Å². The molecule has 1 N–H and O–H groups in total. The van der Waals surface area contributed by atoms with E-state index >= 15 is 0 Å². The molecular weight excluding hydrogens is 230 g/mol. The van der Waals surface area contributed by atoms with Crippen LogP contribution < -0.4 is 0 Å². The minimum Gasteiger partial charge on any atom is -0.477 e. The van der Waals surface area contributed by atoms with Crippen molar-refractivity contribution in [2.45, 2.75) is 25.3 Å². The van der Waals surface area contributed by atoms with E-state index in [-0.39, 0.29) is 17.0 Å². The maximum Gasteiger partial charge on any atom is 0.352 e. The van der Waals surface area contributed by atoms with Crippen molar-refractivity contribution >= 4 is 23.6 Å². The summed E-state index contributed by atoms with van der Waals surface area (Å²) in [7, 11) is 0. The Balaban J connectivity index is 2.24. The zero-order valence-electron chi connectivity index (χ0n) is 9.10. The number of β-lactam (4-membered cyclic amide) rings is 1. The number of fused-ring (bicyclic) bond motifs is 1. The number of aliphatic carboxylic acids is 1. The van der Waals surface area contributed by atoms with E-state index in [4.69, 9.17) is 9.84 Å². The van der Waals surface area contributed by atoms with Crippen LogP contribution in [0, 0.1) is 0 Å². The topological polar surface area (TPSA) is 66.8 Å². The van der Waals surface area contributed by atoms with E-state index < -0.39 is 12.1 Å². The third-order valence-electron chi connectivity index (χ3n) is 2.66. The van der Waals surface area contributed by atoms with Gasteiger partial charge in [0.15, 0.2) is 6.10 Å². The molecule has 0 aromatic heterocycles. The van der Waals surface area contributed by atoms with Crippen molar-refractivity contribution < 1.29 is 19.4 Å². The van der Waals surface area contributed by atoms with Crippen molar-refractivity contribution in [3.8, 4) is 0 Å². The van der Waals surface area contributed by atoms with Gasteiger partial charge in [-0.3, -0.25) is 9.69 Å². The molecule has 0 unspecified atom stereocenters. The predicted octanol–water partition coefficient (Wildman–Crippen LogP) is 0.665. The van der Waals surface area contributed by atoms with Crippen LogP contribution in [0.25, 0.3) is 0 Å². The first-order valence-corrected chi connectivity index (χ1v) is 6.12. The minimum absolute atomic E-state index is 0.129. The number of carbonyl (C=O) groups is 2. The Hall–Kier alpha value is -1.01. The molecule has 1 amide bonds. The Kier molecular flexibility index (Phi) is 2.94. The van der Waals surface area contributed by atoms with Crippen molar-refractivity contribution in [3.63, 3.8) is 0 Å². The Bertz CT molecular complexity index is 379. The van der Waals surface area contributed by atoms with Crippen molar-refractivity contribution in [1.29, 1.82) is 0 Å². The van der Waals surface area contributed by atoms with Crippen molar-refractivity contribution in [2.75, 3.05) is 12.4 Å². The molecule has 0 radical (unpaired) electrons. The molecule has 0 aliphatic carbocycles. The Morgan fingerprint density at radius 3 is 2.94 bits per heavy atom. The predicted molar refractivity (Wildman–Crippen MR) is 58.8 cm³/mol. The molecule has 2 aliphatic rings. The molecule has 6 heteroatoms. The lowest BCUT2D eigenvalue weighted by Gasteiger charge is -2.48. The van der Waals surface area contributed by atoms with E-state index in [2.05, 4.69) is 0 Å². The van der Waals surface area contributed by atoms with Crippen LogP contribution in [0.2, 0.25) is 0 Å². The summed E-state index contributed by atoms with van der Waals surface area (Å²) in [5.74, 6) is -0.637. The molecule has 0 bridgehead atoms. The Morgan fingerprint density at radius 1 is 1.69 bits per heavy atom. The van der Waals surface area contributed by atoms with Crippen LogP contribution in [0.3, 0.4) is 0 Å². The number of carbonyl (C=O) groups excluding carboxylic acids is 1. The highest BCUT2D eigenvalue weighted by Crippen LogP contribution is 2.41. The van der Waals surface area contributed by atoms with Crippen molar-refractivity contribution in [1.82, 2.24) is 4.90 Å². The van der Waals surface area contributed by atoms with Gasteiger partial charge in [-0.1, -0.05) is 0 Å². The van der Waals surface area contributed by atoms with E-state index in [1.807, 2.05) is 6.92 Å². The average Bonchev–Trinajstić information content (AvgIpc) is 2.25. The first kappa shape index (κ1) is 11.5. The van der Waals surface area contributed by atoms with Crippen molar-refractivity contribution in [2.24, 2.45) is 0 Å². The second kappa shape index (κ2) is 4.10. The molecule has 2 atom stereocenters. The summed E-state index contributed by atoms with van der Waals surface area (Å²) in [6, 6.07) is 0. The zero-order valence-corrected chi connectivity index (χ0v) is 9.91. The van der Waals surface area contributed by atoms with Crippen LogP contribution in [0.5, 0.6) is 0 Å². The first-order valence-electron chi connectivity index (χ1n) is 5.07. The third kappa shape index (κ3) is 1.53. The number of ether oxygens (including phenoxy) is 1. The van der Waals surface area contributed by atoms with Crippen LogP contribution in [0.15, 0.2) is 11.3 Å². The lowest BCUT2D eigenvalue weighted by Crippen LogP contribution is -2.65. The van der Waals surface area contributed by atoms with Gasteiger partial charge in [0.1, 0.15) is 11.1 Å². The van der Waals surface area contributed by atoms with Crippen LogP contribution >= 0.6 is 11.8 Å². The van der Waals surface area contributed by atoms with E-state index in [9.17, 15) is 9.59 Å². The summed E-state index contributed by atoms with van der Waals surface area (Å²) >= 11 is 1.55. The lowest BCUT2D eigenvalue weighted by molar-refractivity contribution is -0.164. The SMILES string of the molecule is CCO[C@H]1C(=O)N2C(C(=O)O)=C(C)CS[C@@H]12. The highest BCUT2D eigenvalue weighted by molar-refractivity contribution is 8.00. The fourth-order valence-electron chi connectivity index (χ4n) is 1.94. The van der Waals surface area contributed by atoms with Gasteiger partial charge in [0.2, 0.25) is 0 Å². The molecule has 0 spiro atoms. The van der Waals surface area contributed by atoms with Gasteiger partial charge in [-0.05, 0) is 19.4 Å². The van der Waals surface area contributed by atoms with Crippen LogP contribution in [0.4, 0.5) is 0 Å². The molecular formula is C10H13NO4S. The summed E-state index contributed by atoms with van der Waals surface area (Å²) in [4.78, 5) is 24.1. The molecule has 2 rings (SSSR count). The fraction of sp³-hybridized carbons (Fsp3) is 0.600. The number of nitrogens with zero attached hydrogens (tertiary/aromatic N) is 1. The molecule has 0 aromatic rings. The van der Waals surface area contributed by atoms with Gasteiger partial charge in [-0.25, -0.2) is 4.79 Å². The second-order valence-corrected chi connectivity index (χ2v) is 4.82. The molecule has 2 aliphatic heterocycles. The highest BCUT2D eigenvalue weighted by atomic mass is 32.2. The molecule has 5 nitrogen and oxygen atoms in total. The number of amides is 1. The first-order chi connectivity index (χ1) is 7.57. The number of rotatable bonds is 3. The van der Waals surface area contributed by atoms with E-state index in [0.717, 1.165) is 5.57 Å². The fourth-order valence-corrected chi connectivity index (χ4v) is 3.23. The molecule has 0 saturated carbocycles. The second-order valence-electron chi connectivity index (χ2n) is 3.72. The standard InChI is InChI=1S/C10H13NO4S/c1-3-15-7-8(12)11-6(10(13)14)5(2)4-16-9(7)11/h7,9H,3-4H2,1-2H3,(H,13,14)/t7-,9-/m0/s1. The summed E-state index contributed by atoms with van der Waals surface area (Å²) in [6.45, 7) is 4.03. The third-order valence-corrected chi connectivity index (χ3v) is 4.06. The smallest absolute Gasteiger partial charge is 0.352 e. The average molecular weight is 243 g/mol. The molecule has 2 heterocycles. The maximum absolute atomic E-state index is 11.7. The molecule has 88 valence electrons. The van der Waals surface area contributed by atoms with E-state index in [0.29, 0.717) is 12.4 Å². The summed E-state index contributed by atoms with van der Waals surface area (Å²) < 4.78 is 5.30. The van der Waals surface area contributed by atoms with Gasteiger partial charge < -0.3 is 9.84 Å². The maximum atomic E-state index is 11.7. The quantitative estimate of drug-likeness (QED) is 0.738.